The van der Waals surface area contributed by atoms with Crippen LogP contribution in [0.15, 0.2) is 72.0 Å². The second-order valence-corrected chi connectivity index (χ2v) is 12.5. The Morgan fingerprint density at radius 1 is 1.02 bits per heavy atom. The Balaban J connectivity index is 1.11. The van der Waals surface area contributed by atoms with Gasteiger partial charge in [-0.3, -0.25) is 0 Å². The minimum Gasteiger partial charge on any atom is -0.406 e. The molecule has 3 aromatic carbocycles. The van der Waals surface area contributed by atoms with Crippen LogP contribution >= 0.6 is 11.8 Å². The highest BCUT2D eigenvalue weighted by molar-refractivity contribution is 8.14. The van der Waals surface area contributed by atoms with Crippen molar-refractivity contribution < 1.29 is 22.7 Å². The molecule has 2 amide bonds. The van der Waals surface area contributed by atoms with E-state index >= 15 is 0 Å². The summed E-state index contributed by atoms with van der Waals surface area (Å²) in [6, 6.07) is 17.4. The summed E-state index contributed by atoms with van der Waals surface area (Å²) < 4.78 is 42.8. The number of carbonyl (C=O) groups is 1. The van der Waals surface area contributed by atoms with Crippen LogP contribution in [-0.4, -0.2) is 50.7 Å². The van der Waals surface area contributed by atoms with Crippen molar-refractivity contribution >= 4 is 28.6 Å². The number of alkyl halides is 3. The molecule has 2 aliphatic rings. The summed E-state index contributed by atoms with van der Waals surface area (Å²) in [5.41, 5.74) is 7.18. The number of benzene rings is 3. The van der Waals surface area contributed by atoms with Crippen molar-refractivity contribution in [3.63, 3.8) is 0 Å². The fraction of sp³-hybridized carbons (Fsp3) is 0.333. The number of nitrogens with zero attached hydrogens (tertiary/aromatic N) is 5. The van der Waals surface area contributed by atoms with Crippen molar-refractivity contribution in [2.24, 2.45) is 4.99 Å². The lowest BCUT2D eigenvalue weighted by atomic mass is 9.93. The predicted molar refractivity (Wildman–Crippen MR) is 170 cm³/mol. The lowest BCUT2D eigenvalue weighted by Gasteiger charge is -2.24. The van der Waals surface area contributed by atoms with Crippen molar-refractivity contribution in [2.75, 3.05) is 17.2 Å². The normalized spacial score (nSPS) is 19.3. The number of aromatic nitrogens is 3. The Morgan fingerprint density at radius 2 is 1.73 bits per heavy atom. The van der Waals surface area contributed by atoms with Gasteiger partial charge in [0.1, 0.15) is 12.1 Å². The highest BCUT2D eigenvalue weighted by atomic mass is 32.2. The molecule has 4 aromatic rings. The molecule has 1 saturated carbocycles. The highest BCUT2D eigenvalue weighted by Gasteiger charge is 2.32. The number of hydrogen-bond acceptors (Lipinski definition) is 5. The van der Waals surface area contributed by atoms with E-state index in [4.69, 9.17) is 0 Å². The van der Waals surface area contributed by atoms with Crippen molar-refractivity contribution in [2.45, 2.75) is 58.4 Å². The maximum atomic E-state index is 13.2. The van der Waals surface area contributed by atoms with Crippen molar-refractivity contribution in [1.29, 1.82) is 0 Å². The Morgan fingerprint density at radius 3 is 2.42 bits per heavy atom. The van der Waals surface area contributed by atoms with Crippen LogP contribution in [0.2, 0.25) is 0 Å². The van der Waals surface area contributed by atoms with Crippen LogP contribution in [0.4, 0.5) is 23.7 Å². The van der Waals surface area contributed by atoms with Gasteiger partial charge in [-0.1, -0.05) is 60.1 Å². The third-order valence-corrected chi connectivity index (χ3v) is 9.08. The van der Waals surface area contributed by atoms with Gasteiger partial charge in [-0.2, -0.15) is 4.99 Å². The quantitative estimate of drug-likeness (QED) is 0.234. The largest absolute Gasteiger partial charge is 0.573 e. The van der Waals surface area contributed by atoms with Crippen LogP contribution in [0.3, 0.4) is 0 Å². The molecule has 234 valence electrons. The van der Waals surface area contributed by atoms with Crippen LogP contribution in [0.5, 0.6) is 5.75 Å². The number of amidine groups is 1. The maximum absolute atomic E-state index is 13.2. The minimum atomic E-state index is -4.75. The summed E-state index contributed by atoms with van der Waals surface area (Å²) in [6.07, 6.45) is -0.379. The molecule has 2 unspecified atom stereocenters. The molecule has 2 atom stereocenters. The zero-order chi connectivity index (χ0) is 31.7. The first-order valence-electron chi connectivity index (χ1n) is 14.8. The zero-order valence-corrected chi connectivity index (χ0v) is 26.0. The molecular formula is C33H33F3N6O2S. The molecular weight excluding hydrogens is 601 g/mol. The molecule has 2 heterocycles. The number of rotatable bonds is 6. The summed E-state index contributed by atoms with van der Waals surface area (Å²) in [6.45, 7) is 7.11. The average molecular weight is 635 g/mol. The number of aliphatic imine (C=N–C) groups is 1. The van der Waals surface area contributed by atoms with E-state index in [1.54, 1.807) is 11.8 Å². The Bertz CT molecular complexity index is 1700. The van der Waals surface area contributed by atoms with Gasteiger partial charge in [0.25, 0.3) is 0 Å². The smallest absolute Gasteiger partial charge is 0.406 e. The molecule has 0 radical (unpaired) electrons. The molecule has 12 heteroatoms. The van der Waals surface area contributed by atoms with Gasteiger partial charge in [-0.25, -0.2) is 14.5 Å². The summed E-state index contributed by atoms with van der Waals surface area (Å²) in [4.78, 5) is 24.2. The molecule has 2 fully saturated rings. The Labute approximate surface area is 263 Å². The molecule has 8 nitrogen and oxygen atoms in total. The number of halogens is 3. The lowest BCUT2D eigenvalue weighted by molar-refractivity contribution is -0.274. The molecule has 0 spiro atoms. The monoisotopic (exact) mass is 634 g/mol. The van der Waals surface area contributed by atoms with Crippen molar-refractivity contribution in [1.82, 2.24) is 20.1 Å². The summed E-state index contributed by atoms with van der Waals surface area (Å²) in [5.74, 6) is 1.23. The number of amides is 2. The van der Waals surface area contributed by atoms with E-state index in [2.05, 4.69) is 62.9 Å². The minimum absolute atomic E-state index is 0.0166. The zero-order valence-electron chi connectivity index (χ0n) is 25.1. The van der Waals surface area contributed by atoms with Gasteiger partial charge in [0, 0.05) is 35.5 Å². The first-order chi connectivity index (χ1) is 21.5. The van der Waals surface area contributed by atoms with Crippen LogP contribution in [0, 0.1) is 20.8 Å². The number of aryl methyl sites for hydroxylation is 3. The average Bonchev–Trinajstić information content (AvgIpc) is 3.75. The molecule has 6 rings (SSSR count). The summed E-state index contributed by atoms with van der Waals surface area (Å²) in [7, 11) is 0. The number of ether oxygens (including phenoxy) is 1. The SMILES string of the molecule is Cc1cc(C)c(N2CCSC2=NC(=O)NC2CCCC2c2ccc(-c3ncn(-c4ccc(OC(F)(F)F)cc4)n3)cc2)c(C)c1. The van der Waals surface area contributed by atoms with E-state index in [0.717, 1.165) is 53.5 Å². The lowest BCUT2D eigenvalue weighted by Crippen LogP contribution is -2.36. The van der Waals surface area contributed by atoms with Gasteiger partial charge in [0.05, 0.1) is 5.69 Å². The standard InChI is InChI=1S/C33H33F3N6O2S/c1-20-17-21(2)29(22(3)18-20)41-15-16-45-32(41)39-31(43)38-28-6-4-5-27(28)23-7-9-24(10-8-23)30-37-19-42(40-30)25-11-13-26(14-12-25)44-33(34,35)36/h7-14,17-19,27-28H,4-6,15-16H2,1-3H3,(H,38,43). The van der Waals surface area contributed by atoms with Gasteiger partial charge in [0.15, 0.2) is 11.0 Å². The summed E-state index contributed by atoms with van der Waals surface area (Å²) >= 11 is 1.61. The Hall–Kier alpha value is -4.32. The van der Waals surface area contributed by atoms with E-state index in [9.17, 15) is 18.0 Å². The highest BCUT2D eigenvalue weighted by Crippen LogP contribution is 2.36. The van der Waals surface area contributed by atoms with Gasteiger partial charge < -0.3 is 15.0 Å². The molecule has 0 bridgehead atoms. The molecule has 1 aromatic heterocycles. The molecule has 1 N–H and O–H groups in total. The summed E-state index contributed by atoms with van der Waals surface area (Å²) in [5, 5.41) is 8.41. The third kappa shape index (κ3) is 7.00. The fourth-order valence-corrected chi connectivity index (χ4v) is 7.25. The molecule has 45 heavy (non-hydrogen) atoms. The number of urea groups is 1. The number of thioether (sulfide) groups is 1. The molecule has 1 saturated heterocycles. The van der Waals surface area contributed by atoms with Gasteiger partial charge in [-0.05, 0) is 74.6 Å². The fourth-order valence-electron chi connectivity index (χ4n) is 6.31. The predicted octanol–water partition coefficient (Wildman–Crippen LogP) is 7.71. The van der Waals surface area contributed by atoms with Crippen LogP contribution in [0.25, 0.3) is 17.1 Å². The number of hydrogen-bond donors (Lipinski definition) is 1. The van der Waals surface area contributed by atoms with Crippen LogP contribution in [0.1, 0.15) is 47.4 Å². The van der Waals surface area contributed by atoms with Crippen molar-refractivity contribution in [3.8, 4) is 22.8 Å². The van der Waals surface area contributed by atoms with E-state index in [-0.39, 0.29) is 23.7 Å². The van der Waals surface area contributed by atoms with E-state index in [0.29, 0.717) is 11.5 Å². The second-order valence-electron chi connectivity index (χ2n) is 11.4. The van der Waals surface area contributed by atoms with Crippen LogP contribution < -0.4 is 15.0 Å². The van der Waals surface area contributed by atoms with Gasteiger partial charge in [-0.15, -0.1) is 18.3 Å². The first kappa shape index (κ1) is 30.7. The Kier molecular flexibility index (Phi) is 8.59. The van der Waals surface area contributed by atoms with Gasteiger partial charge in [0.2, 0.25) is 0 Å². The van der Waals surface area contributed by atoms with Crippen molar-refractivity contribution in [3.05, 3.63) is 89.2 Å². The second kappa shape index (κ2) is 12.6. The number of nitrogens with one attached hydrogen (secondary N) is 1. The third-order valence-electron chi connectivity index (χ3n) is 8.13. The topological polar surface area (TPSA) is 84.6 Å². The van der Waals surface area contributed by atoms with E-state index < -0.39 is 6.36 Å². The molecule has 1 aliphatic heterocycles. The van der Waals surface area contributed by atoms with Gasteiger partial charge >= 0.3 is 12.4 Å². The van der Waals surface area contributed by atoms with E-state index in [1.165, 1.54) is 52.0 Å². The maximum Gasteiger partial charge on any atom is 0.573 e. The van der Waals surface area contributed by atoms with Crippen LogP contribution in [-0.2, 0) is 0 Å². The first-order valence-corrected chi connectivity index (χ1v) is 15.8. The molecule has 1 aliphatic carbocycles. The number of carbonyl (C=O) groups excluding carboxylic acids is 1. The van der Waals surface area contributed by atoms with E-state index in [1.807, 2.05) is 24.3 Å². The number of anilines is 1.